The van der Waals surface area contributed by atoms with Gasteiger partial charge in [-0.05, 0) is 36.2 Å². The van der Waals surface area contributed by atoms with Crippen molar-refractivity contribution in [2.45, 2.75) is 32.2 Å². The van der Waals surface area contributed by atoms with Crippen molar-refractivity contribution in [2.75, 3.05) is 32.1 Å². The van der Waals surface area contributed by atoms with Crippen molar-refractivity contribution >= 4 is 27.7 Å². The first-order valence-corrected chi connectivity index (χ1v) is 11.9. The Morgan fingerprint density at radius 3 is 2.33 bits per heavy atom. The zero-order valence-corrected chi connectivity index (χ0v) is 20.1. The number of hydrogen-bond acceptors (Lipinski definition) is 6. The van der Waals surface area contributed by atoms with Gasteiger partial charge in [-0.25, -0.2) is 4.79 Å². The molecule has 0 radical (unpaired) electrons. The Morgan fingerprint density at radius 2 is 1.73 bits per heavy atom. The molecule has 0 bridgehead atoms. The molecule has 2 N–H and O–H groups in total. The van der Waals surface area contributed by atoms with Crippen LogP contribution < -0.4 is 14.8 Å². The van der Waals surface area contributed by atoms with Crippen molar-refractivity contribution in [3.05, 3.63) is 54.1 Å². The first kappa shape index (κ1) is 26.1. The van der Waals surface area contributed by atoms with E-state index in [1.807, 2.05) is 13.8 Å². The molecule has 33 heavy (non-hydrogen) atoms. The van der Waals surface area contributed by atoms with Crippen LogP contribution in [-0.2, 0) is 26.2 Å². The third kappa shape index (κ3) is 8.39. The third-order valence-electron chi connectivity index (χ3n) is 4.51. The van der Waals surface area contributed by atoms with Gasteiger partial charge in [0.25, 0.3) is 0 Å². The maximum atomic E-state index is 12.8. The Morgan fingerprint density at radius 1 is 1.06 bits per heavy atom. The number of methoxy groups -OCH3 is 1. The Labute approximate surface area is 195 Å². The lowest BCUT2D eigenvalue weighted by Crippen LogP contribution is -2.42. The molecule has 0 aliphatic carbocycles. The molecule has 0 spiro atoms. The normalized spacial score (nSPS) is 11.2. The molecule has 3 amide bonds. The van der Waals surface area contributed by atoms with Crippen molar-refractivity contribution in [3.63, 3.8) is 0 Å². The molecular weight excluding hydrogens is 446 g/mol. The zero-order chi connectivity index (χ0) is 24.4. The second-order valence-corrected chi connectivity index (χ2v) is 9.39. The molecule has 9 nitrogen and oxygen atoms in total. The molecule has 2 rings (SSSR count). The quantitative estimate of drug-likeness (QED) is 0.481. The highest BCUT2D eigenvalue weighted by molar-refractivity contribution is 7.87. The maximum Gasteiger partial charge on any atom is 0.339 e. The van der Waals surface area contributed by atoms with Gasteiger partial charge < -0.3 is 24.5 Å². The average molecular weight is 478 g/mol. The van der Waals surface area contributed by atoms with Crippen LogP contribution in [0.25, 0.3) is 0 Å². The number of rotatable bonds is 11. The van der Waals surface area contributed by atoms with Gasteiger partial charge in [0.05, 0.1) is 13.2 Å². The van der Waals surface area contributed by atoms with Gasteiger partial charge in [0.1, 0.15) is 10.6 Å². The minimum atomic E-state index is -4.13. The van der Waals surface area contributed by atoms with E-state index in [0.29, 0.717) is 30.9 Å². The summed E-state index contributed by atoms with van der Waals surface area (Å²) in [7, 11) is -2.59. The van der Waals surface area contributed by atoms with Gasteiger partial charge in [-0.15, -0.1) is 0 Å². The van der Waals surface area contributed by atoms with E-state index >= 15 is 0 Å². The summed E-state index contributed by atoms with van der Waals surface area (Å²) in [5, 5.41) is 5.45. The van der Waals surface area contributed by atoms with E-state index in [1.54, 1.807) is 36.3 Å². The lowest BCUT2D eigenvalue weighted by molar-refractivity contribution is -0.114. The number of carbonyl (C=O) groups excluding carboxylic acids is 2. The minimum absolute atomic E-state index is 0.0580. The second-order valence-electron chi connectivity index (χ2n) is 7.84. The number of urea groups is 1. The van der Waals surface area contributed by atoms with Crippen LogP contribution in [0.2, 0.25) is 0 Å². The van der Waals surface area contributed by atoms with Gasteiger partial charge in [-0.3, -0.25) is 4.79 Å². The fourth-order valence-corrected chi connectivity index (χ4v) is 3.82. The van der Waals surface area contributed by atoms with Crippen LogP contribution in [0, 0.1) is 5.92 Å². The van der Waals surface area contributed by atoms with Crippen LogP contribution in [0.3, 0.4) is 0 Å². The number of amides is 3. The first-order valence-electron chi connectivity index (χ1n) is 10.5. The number of anilines is 1. The van der Waals surface area contributed by atoms with E-state index in [0.717, 1.165) is 0 Å². The zero-order valence-electron chi connectivity index (χ0n) is 19.3. The van der Waals surface area contributed by atoms with E-state index in [4.69, 9.17) is 8.92 Å². The summed E-state index contributed by atoms with van der Waals surface area (Å²) in [6.07, 6.45) is 0. The molecule has 0 saturated carbocycles. The smallest absolute Gasteiger partial charge is 0.339 e. The molecular formula is C23H31N3O6S. The lowest BCUT2D eigenvalue weighted by atomic mass is 10.2. The number of benzene rings is 2. The number of carbonyl (C=O) groups is 2. The molecule has 0 fully saturated rings. The van der Waals surface area contributed by atoms with Gasteiger partial charge in [0.2, 0.25) is 5.91 Å². The van der Waals surface area contributed by atoms with E-state index in [2.05, 4.69) is 10.6 Å². The minimum Gasteiger partial charge on any atom is -0.383 e. The monoisotopic (exact) mass is 477 g/mol. The third-order valence-corrected chi connectivity index (χ3v) is 5.76. The molecule has 0 aliphatic heterocycles. The molecule has 0 aliphatic rings. The SMILES string of the molecule is COCCN(Cc1ccccc1OS(=O)(=O)c1ccc(NC(C)=O)cc1)C(=O)NCC(C)C. The second kappa shape index (κ2) is 12.2. The molecule has 0 saturated heterocycles. The lowest BCUT2D eigenvalue weighted by Gasteiger charge is -2.24. The van der Waals surface area contributed by atoms with Crippen LogP contribution in [0.5, 0.6) is 5.75 Å². The molecule has 2 aromatic carbocycles. The summed E-state index contributed by atoms with van der Waals surface area (Å²) in [4.78, 5) is 25.3. The molecule has 10 heteroatoms. The van der Waals surface area contributed by atoms with Crippen molar-refractivity contribution in [1.82, 2.24) is 10.2 Å². The summed E-state index contributed by atoms with van der Waals surface area (Å²) in [6, 6.07) is 12.1. The first-order chi connectivity index (χ1) is 15.6. The van der Waals surface area contributed by atoms with Crippen molar-refractivity contribution in [3.8, 4) is 5.75 Å². The maximum absolute atomic E-state index is 12.8. The summed E-state index contributed by atoms with van der Waals surface area (Å²) in [6.45, 7) is 6.67. The van der Waals surface area contributed by atoms with Crippen LogP contribution in [0.15, 0.2) is 53.4 Å². The number of hydrogen-bond donors (Lipinski definition) is 2. The van der Waals surface area contributed by atoms with E-state index in [9.17, 15) is 18.0 Å². The largest absolute Gasteiger partial charge is 0.383 e. The van der Waals surface area contributed by atoms with Gasteiger partial charge in [-0.1, -0.05) is 32.0 Å². The van der Waals surface area contributed by atoms with E-state index in [-0.39, 0.29) is 35.0 Å². The van der Waals surface area contributed by atoms with Gasteiger partial charge in [0, 0.05) is 38.4 Å². The number of nitrogens with zero attached hydrogens (tertiary/aromatic N) is 1. The van der Waals surface area contributed by atoms with E-state index in [1.165, 1.54) is 31.2 Å². The highest BCUT2D eigenvalue weighted by Crippen LogP contribution is 2.25. The van der Waals surface area contributed by atoms with Crippen LogP contribution >= 0.6 is 0 Å². The topological polar surface area (TPSA) is 114 Å². The van der Waals surface area contributed by atoms with Crippen molar-refractivity contribution < 1.29 is 26.9 Å². The summed E-state index contributed by atoms with van der Waals surface area (Å²) < 4.78 is 36.2. The highest BCUT2D eigenvalue weighted by atomic mass is 32.2. The summed E-state index contributed by atoms with van der Waals surface area (Å²) in [5.41, 5.74) is 1.01. The van der Waals surface area contributed by atoms with Crippen LogP contribution in [0.4, 0.5) is 10.5 Å². The molecule has 0 atom stereocenters. The molecule has 0 aromatic heterocycles. The molecule has 180 valence electrons. The van der Waals surface area contributed by atoms with Crippen LogP contribution in [0.1, 0.15) is 26.3 Å². The summed E-state index contributed by atoms with van der Waals surface area (Å²) in [5.74, 6) is 0.157. The fourth-order valence-electron chi connectivity index (χ4n) is 2.85. The van der Waals surface area contributed by atoms with Crippen LogP contribution in [-0.4, -0.2) is 52.1 Å². The fraction of sp³-hybridized carbons (Fsp3) is 0.391. The molecule has 2 aromatic rings. The van der Waals surface area contributed by atoms with Crippen molar-refractivity contribution in [1.29, 1.82) is 0 Å². The highest BCUT2D eigenvalue weighted by Gasteiger charge is 2.21. The Balaban J connectivity index is 2.22. The molecule has 0 unspecified atom stereocenters. The van der Waals surface area contributed by atoms with Gasteiger partial charge in [-0.2, -0.15) is 8.42 Å². The van der Waals surface area contributed by atoms with Gasteiger partial charge in [0.15, 0.2) is 0 Å². The number of para-hydroxylation sites is 1. The Bertz CT molecular complexity index is 1040. The number of ether oxygens (including phenoxy) is 1. The standard InChI is InChI=1S/C23H31N3O6S/c1-17(2)15-24-23(28)26(13-14-31-4)16-19-7-5-6-8-22(19)32-33(29,30)21-11-9-20(10-12-21)25-18(3)27/h5-12,17H,13-16H2,1-4H3,(H,24,28)(H,25,27). The Hall–Kier alpha value is -3.11. The molecule has 0 heterocycles. The Kier molecular flexibility index (Phi) is 9.68. The summed E-state index contributed by atoms with van der Waals surface area (Å²) >= 11 is 0. The predicted molar refractivity (Wildman–Crippen MR) is 126 cm³/mol. The number of nitrogens with one attached hydrogen (secondary N) is 2. The van der Waals surface area contributed by atoms with Crippen molar-refractivity contribution in [2.24, 2.45) is 5.92 Å². The predicted octanol–water partition coefficient (Wildman–Crippen LogP) is 3.23. The average Bonchev–Trinajstić information content (AvgIpc) is 2.75. The van der Waals surface area contributed by atoms with E-state index < -0.39 is 10.1 Å². The van der Waals surface area contributed by atoms with Gasteiger partial charge >= 0.3 is 16.1 Å².